The fraction of sp³-hybridized carbons (Fsp3) is 0.312. The Morgan fingerprint density at radius 2 is 2.08 bits per heavy atom. The van der Waals surface area contributed by atoms with Crippen LogP contribution in [0.25, 0.3) is 0 Å². The number of aliphatic hydroxyl groups is 1. The Kier molecular flexibility index (Phi) is 5.43. The van der Waals surface area contributed by atoms with E-state index in [9.17, 15) is 23.9 Å². The van der Waals surface area contributed by atoms with Crippen molar-refractivity contribution in [1.29, 1.82) is 0 Å². The molecule has 0 radical (unpaired) electrons. The molecule has 8 nitrogen and oxygen atoms in total. The van der Waals surface area contributed by atoms with E-state index in [1.165, 1.54) is 0 Å². The van der Waals surface area contributed by atoms with Crippen LogP contribution in [0.3, 0.4) is 0 Å². The van der Waals surface area contributed by atoms with Gasteiger partial charge in [-0.05, 0) is 12.1 Å². The first-order valence-corrected chi connectivity index (χ1v) is 8.62. The minimum atomic E-state index is -1.10. The van der Waals surface area contributed by atoms with Gasteiger partial charge in [-0.1, -0.05) is 18.2 Å². The molecule has 0 spiro atoms. The number of benzene rings is 1. The number of aromatic amines is 1. The second-order valence-corrected chi connectivity index (χ2v) is 6.97. The van der Waals surface area contributed by atoms with E-state index < -0.39 is 39.9 Å². The maximum absolute atomic E-state index is 13.4. The number of thioether (sulfide) groups is 1. The molecule has 1 aromatic heterocycles. The van der Waals surface area contributed by atoms with Gasteiger partial charge in [0.2, 0.25) is 5.82 Å². The molecule has 2 N–H and O–H groups in total. The minimum absolute atomic E-state index is 0.137. The molecule has 10 heteroatoms. The zero-order chi connectivity index (χ0) is 18.7. The number of nitrogens with one attached hydrogen (secondary N) is 1. The Balaban J connectivity index is 1.59. The molecule has 1 aliphatic heterocycles. The molecule has 1 fully saturated rings. The lowest BCUT2D eigenvalue weighted by Crippen LogP contribution is -2.32. The van der Waals surface area contributed by atoms with Crippen LogP contribution >= 0.6 is 11.8 Å². The van der Waals surface area contributed by atoms with Gasteiger partial charge in [0.25, 0.3) is 5.56 Å². The van der Waals surface area contributed by atoms with Gasteiger partial charge in [0.15, 0.2) is 0 Å². The number of ether oxygens (including phenoxy) is 2. The van der Waals surface area contributed by atoms with Crippen LogP contribution in [0.2, 0.25) is 0 Å². The first-order valence-electron chi connectivity index (χ1n) is 7.68. The smallest absolute Gasteiger partial charge is 0.433 e. The van der Waals surface area contributed by atoms with Crippen molar-refractivity contribution in [3.63, 3.8) is 0 Å². The van der Waals surface area contributed by atoms with Crippen LogP contribution in [0.5, 0.6) is 5.75 Å². The molecule has 2 aromatic rings. The molecular formula is C16H15FN2O6S. The van der Waals surface area contributed by atoms with Gasteiger partial charge in [-0.3, -0.25) is 14.3 Å². The molecule has 26 heavy (non-hydrogen) atoms. The van der Waals surface area contributed by atoms with Crippen molar-refractivity contribution in [2.45, 2.75) is 23.1 Å². The summed E-state index contributed by atoms with van der Waals surface area (Å²) in [6.45, 7) is -0.144. The van der Waals surface area contributed by atoms with Gasteiger partial charge in [-0.25, -0.2) is 9.59 Å². The molecule has 0 saturated carbocycles. The van der Waals surface area contributed by atoms with E-state index in [0.717, 1.165) is 22.5 Å². The van der Waals surface area contributed by atoms with E-state index in [0.29, 0.717) is 5.75 Å². The monoisotopic (exact) mass is 382 g/mol. The highest BCUT2D eigenvalue weighted by Crippen LogP contribution is 2.40. The SMILES string of the molecule is O=C(OC[C@H]1S[C@@H](n2cc(F)c(=O)[nH]c2=O)C[C@@H]1O)Oc1ccccc1. The molecule has 1 aliphatic rings. The van der Waals surface area contributed by atoms with E-state index in [4.69, 9.17) is 9.47 Å². The van der Waals surface area contributed by atoms with E-state index in [-0.39, 0.29) is 13.0 Å². The van der Waals surface area contributed by atoms with Gasteiger partial charge in [0.05, 0.1) is 22.9 Å². The summed E-state index contributed by atoms with van der Waals surface area (Å²) in [7, 11) is 0. The Morgan fingerprint density at radius 3 is 2.81 bits per heavy atom. The van der Waals surface area contributed by atoms with E-state index in [1.54, 1.807) is 30.3 Å². The Bertz CT molecular complexity index is 900. The fourth-order valence-corrected chi connectivity index (χ4v) is 3.91. The molecule has 0 amide bonds. The lowest BCUT2D eigenvalue weighted by Gasteiger charge is -2.14. The number of aromatic nitrogens is 2. The highest BCUT2D eigenvalue weighted by atomic mass is 32.2. The van der Waals surface area contributed by atoms with Gasteiger partial charge in [0, 0.05) is 6.42 Å². The molecule has 1 saturated heterocycles. The predicted molar refractivity (Wildman–Crippen MR) is 90.7 cm³/mol. The number of H-pyrrole nitrogens is 1. The van der Waals surface area contributed by atoms with Gasteiger partial charge in [-0.15, -0.1) is 11.8 Å². The number of rotatable bonds is 4. The van der Waals surface area contributed by atoms with Crippen molar-refractivity contribution >= 4 is 17.9 Å². The van der Waals surface area contributed by atoms with E-state index >= 15 is 0 Å². The number of aliphatic hydroxyl groups excluding tert-OH is 1. The maximum Gasteiger partial charge on any atom is 0.513 e. The second kappa shape index (κ2) is 7.75. The number of carbonyl (C=O) groups excluding carboxylic acids is 1. The Hall–Kier alpha value is -2.59. The lowest BCUT2D eigenvalue weighted by molar-refractivity contribution is 0.0806. The average molecular weight is 382 g/mol. The number of hydrogen-bond donors (Lipinski definition) is 2. The average Bonchev–Trinajstić information content (AvgIpc) is 2.98. The van der Waals surface area contributed by atoms with Crippen LogP contribution < -0.4 is 16.0 Å². The summed E-state index contributed by atoms with van der Waals surface area (Å²) >= 11 is 1.14. The summed E-state index contributed by atoms with van der Waals surface area (Å²) in [4.78, 5) is 36.4. The van der Waals surface area contributed by atoms with Crippen molar-refractivity contribution in [3.8, 4) is 5.75 Å². The first-order chi connectivity index (χ1) is 12.4. The van der Waals surface area contributed by atoms with Crippen molar-refractivity contribution in [1.82, 2.24) is 9.55 Å². The highest BCUT2D eigenvalue weighted by molar-refractivity contribution is 8.00. The molecule has 3 atom stereocenters. The molecule has 1 aromatic carbocycles. The number of hydrogen-bond acceptors (Lipinski definition) is 7. The standard InChI is InChI=1S/C16H15FN2O6S/c17-10-7-19(15(22)18-14(10)21)13-6-11(20)12(26-13)8-24-16(23)25-9-4-2-1-3-5-9/h1-5,7,11-13,20H,6,8H2,(H,18,21,22)/t11-,12+,13+/m0/s1. The van der Waals surface area contributed by atoms with E-state index in [2.05, 4.69) is 0 Å². The number of para-hydroxylation sites is 1. The Morgan fingerprint density at radius 1 is 1.35 bits per heavy atom. The quantitative estimate of drug-likeness (QED) is 0.605. The van der Waals surface area contributed by atoms with Gasteiger partial charge in [0.1, 0.15) is 12.4 Å². The Labute approximate surface area is 150 Å². The lowest BCUT2D eigenvalue weighted by atomic mass is 10.2. The summed E-state index contributed by atoms with van der Waals surface area (Å²) in [5.41, 5.74) is -1.87. The third-order valence-corrected chi connectivity index (χ3v) is 5.28. The number of halogens is 1. The molecule has 0 aliphatic carbocycles. The van der Waals surface area contributed by atoms with Crippen molar-refractivity contribution in [2.75, 3.05) is 6.61 Å². The summed E-state index contributed by atoms with van der Waals surface area (Å²) in [5, 5.41) is 8.99. The number of carbonyl (C=O) groups is 1. The third kappa shape index (κ3) is 4.14. The molecule has 138 valence electrons. The fourth-order valence-electron chi connectivity index (χ4n) is 2.47. The summed E-state index contributed by atoms with van der Waals surface area (Å²) in [6, 6.07) is 8.35. The van der Waals surface area contributed by atoms with E-state index in [1.807, 2.05) is 4.98 Å². The van der Waals surface area contributed by atoms with Crippen molar-refractivity contribution in [3.05, 3.63) is 63.2 Å². The molecule has 0 bridgehead atoms. The van der Waals surface area contributed by atoms with Crippen LogP contribution in [0.4, 0.5) is 9.18 Å². The summed E-state index contributed by atoms with van der Waals surface area (Å²) < 4.78 is 24.4. The van der Waals surface area contributed by atoms with Crippen LogP contribution in [0.15, 0.2) is 46.1 Å². The summed E-state index contributed by atoms with van der Waals surface area (Å²) in [5.74, 6) is -0.768. The van der Waals surface area contributed by atoms with Crippen molar-refractivity contribution < 1.29 is 23.8 Å². The van der Waals surface area contributed by atoms with Crippen LogP contribution in [0, 0.1) is 5.82 Å². The van der Waals surface area contributed by atoms with Crippen molar-refractivity contribution in [2.24, 2.45) is 0 Å². The zero-order valence-corrected chi connectivity index (χ0v) is 14.1. The van der Waals surface area contributed by atoms with Crippen LogP contribution in [-0.4, -0.2) is 38.8 Å². The second-order valence-electron chi connectivity index (χ2n) is 5.55. The van der Waals surface area contributed by atoms with Gasteiger partial charge < -0.3 is 14.6 Å². The van der Waals surface area contributed by atoms with Crippen LogP contribution in [0.1, 0.15) is 11.8 Å². The van der Waals surface area contributed by atoms with Crippen LogP contribution in [-0.2, 0) is 4.74 Å². The molecule has 2 heterocycles. The first kappa shape index (κ1) is 18.2. The third-order valence-electron chi connectivity index (χ3n) is 3.75. The summed E-state index contributed by atoms with van der Waals surface area (Å²) in [6.07, 6.45) is -0.855. The minimum Gasteiger partial charge on any atom is -0.433 e. The predicted octanol–water partition coefficient (Wildman–Crippen LogP) is 1.26. The molecular weight excluding hydrogens is 367 g/mol. The zero-order valence-electron chi connectivity index (χ0n) is 13.3. The molecule has 3 rings (SSSR count). The normalized spacial score (nSPS) is 22.2. The van der Waals surface area contributed by atoms with Gasteiger partial charge >= 0.3 is 11.8 Å². The largest absolute Gasteiger partial charge is 0.513 e. The van der Waals surface area contributed by atoms with Gasteiger partial charge in [-0.2, -0.15) is 4.39 Å². The highest BCUT2D eigenvalue weighted by Gasteiger charge is 2.36. The molecule has 0 unspecified atom stereocenters. The maximum atomic E-state index is 13.4. The number of nitrogens with zero attached hydrogens (tertiary/aromatic N) is 1. The topological polar surface area (TPSA) is 111 Å².